The highest BCUT2D eigenvalue weighted by atomic mass is 16.5. The summed E-state index contributed by atoms with van der Waals surface area (Å²) in [7, 11) is 2.90. The third kappa shape index (κ3) is 5.00. The number of aromatic nitrogens is 2. The predicted octanol–water partition coefficient (Wildman–Crippen LogP) is 5.50. The molecule has 0 radical (unpaired) electrons. The van der Waals surface area contributed by atoms with Gasteiger partial charge in [-0.1, -0.05) is 26.0 Å². The van der Waals surface area contributed by atoms with Crippen molar-refractivity contribution in [2.45, 2.75) is 33.6 Å². The first kappa shape index (κ1) is 25.8. The molecule has 192 valence electrons. The molecule has 0 amide bonds. The lowest BCUT2D eigenvalue weighted by atomic mass is 9.96. The summed E-state index contributed by atoms with van der Waals surface area (Å²) in [6.07, 6.45) is 1.51. The minimum Gasteiger partial charge on any atom is -0.502 e. The van der Waals surface area contributed by atoms with E-state index in [1.54, 1.807) is 24.3 Å². The number of fused-ring (bicyclic) bond motifs is 1. The minimum absolute atomic E-state index is 0.112. The van der Waals surface area contributed by atoms with E-state index in [1.807, 2.05) is 38.1 Å². The lowest BCUT2D eigenvalue weighted by molar-refractivity contribution is 0.335. The summed E-state index contributed by atoms with van der Waals surface area (Å²) >= 11 is 0. The Morgan fingerprint density at radius 3 is 2.35 bits per heavy atom. The first-order valence-electron chi connectivity index (χ1n) is 12.1. The molecule has 0 saturated heterocycles. The summed E-state index contributed by atoms with van der Waals surface area (Å²) in [6, 6.07) is 14.4. The highest BCUT2D eigenvalue weighted by Crippen LogP contribution is 2.37. The van der Waals surface area contributed by atoms with E-state index in [9.17, 15) is 9.90 Å². The molecule has 0 aliphatic carbocycles. The molecule has 1 aromatic heterocycles. The van der Waals surface area contributed by atoms with Crippen molar-refractivity contribution in [1.29, 1.82) is 0 Å². The molecule has 8 heteroatoms. The lowest BCUT2D eigenvalue weighted by Crippen LogP contribution is -2.21. The van der Waals surface area contributed by atoms with Gasteiger partial charge in [0.25, 0.3) is 5.56 Å². The molecule has 0 aliphatic rings. The van der Waals surface area contributed by atoms with Gasteiger partial charge in [-0.3, -0.25) is 4.79 Å². The van der Waals surface area contributed by atoms with Crippen LogP contribution in [0, 0.1) is 6.92 Å². The maximum absolute atomic E-state index is 13.6. The van der Waals surface area contributed by atoms with Crippen LogP contribution in [0.4, 0.5) is 0 Å². The van der Waals surface area contributed by atoms with E-state index in [-0.39, 0.29) is 28.7 Å². The Morgan fingerprint density at radius 1 is 1.05 bits per heavy atom. The second-order valence-corrected chi connectivity index (χ2v) is 8.88. The van der Waals surface area contributed by atoms with Gasteiger partial charge in [0.15, 0.2) is 17.3 Å². The summed E-state index contributed by atoms with van der Waals surface area (Å²) < 4.78 is 17.7. The Labute approximate surface area is 215 Å². The topological polar surface area (TPSA) is 95.2 Å². The number of phenolic OH excluding ortho intramolecular Hbond substituents is 1. The van der Waals surface area contributed by atoms with Crippen molar-refractivity contribution in [2.24, 2.45) is 5.10 Å². The first-order chi connectivity index (χ1) is 17.8. The Kier molecular flexibility index (Phi) is 7.47. The third-order valence-electron chi connectivity index (χ3n) is 6.10. The van der Waals surface area contributed by atoms with Crippen molar-refractivity contribution in [3.63, 3.8) is 0 Å². The molecular formula is C29H31N3O5. The van der Waals surface area contributed by atoms with Crippen LogP contribution < -0.4 is 19.8 Å². The maximum atomic E-state index is 13.6. The largest absolute Gasteiger partial charge is 0.502 e. The number of benzene rings is 3. The van der Waals surface area contributed by atoms with Crippen LogP contribution in [0.1, 0.15) is 43.4 Å². The molecule has 0 unspecified atom stereocenters. The second-order valence-electron chi connectivity index (χ2n) is 8.88. The predicted molar refractivity (Wildman–Crippen MR) is 146 cm³/mol. The van der Waals surface area contributed by atoms with E-state index >= 15 is 0 Å². The Hall–Kier alpha value is -4.33. The van der Waals surface area contributed by atoms with E-state index in [2.05, 4.69) is 18.9 Å². The molecular weight excluding hydrogens is 470 g/mol. The van der Waals surface area contributed by atoms with E-state index in [0.717, 1.165) is 22.4 Å². The number of nitrogens with zero attached hydrogens (tertiary/aromatic N) is 3. The molecule has 0 bridgehead atoms. The molecule has 8 nitrogen and oxygen atoms in total. The fourth-order valence-electron chi connectivity index (χ4n) is 4.19. The van der Waals surface area contributed by atoms with Gasteiger partial charge in [0.05, 0.1) is 37.9 Å². The number of aryl methyl sites for hydroxylation is 1. The average molecular weight is 502 g/mol. The maximum Gasteiger partial charge on any atom is 0.282 e. The van der Waals surface area contributed by atoms with E-state index in [1.165, 1.54) is 25.1 Å². The third-order valence-corrected chi connectivity index (χ3v) is 6.10. The van der Waals surface area contributed by atoms with Crippen molar-refractivity contribution >= 4 is 17.1 Å². The summed E-state index contributed by atoms with van der Waals surface area (Å²) in [5, 5.41) is 15.3. The van der Waals surface area contributed by atoms with Gasteiger partial charge in [-0.15, -0.1) is 0 Å². The number of ether oxygens (including phenoxy) is 3. The molecule has 4 aromatic rings. The summed E-state index contributed by atoms with van der Waals surface area (Å²) in [4.78, 5) is 18.5. The van der Waals surface area contributed by atoms with Crippen LogP contribution >= 0.6 is 0 Å². The van der Waals surface area contributed by atoms with E-state index in [0.29, 0.717) is 28.9 Å². The number of phenols is 1. The first-order valence-corrected chi connectivity index (χ1v) is 12.1. The molecule has 4 rings (SSSR count). The molecule has 0 atom stereocenters. The van der Waals surface area contributed by atoms with Gasteiger partial charge in [-0.25, -0.2) is 4.98 Å². The van der Waals surface area contributed by atoms with Crippen LogP contribution in [0.15, 0.2) is 58.4 Å². The number of hydrogen-bond acceptors (Lipinski definition) is 7. The van der Waals surface area contributed by atoms with E-state index in [4.69, 9.17) is 19.2 Å². The molecule has 0 fully saturated rings. The van der Waals surface area contributed by atoms with Crippen molar-refractivity contribution < 1.29 is 19.3 Å². The molecule has 3 aromatic carbocycles. The highest BCUT2D eigenvalue weighted by Gasteiger charge is 2.19. The minimum atomic E-state index is -0.297. The fourth-order valence-corrected chi connectivity index (χ4v) is 4.19. The number of hydrogen-bond donors (Lipinski definition) is 1. The summed E-state index contributed by atoms with van der Waals surface area (Å²) in [6.45, 7) is 8.68. The normalized spacial score (nSPS) is 11.4. The van der Waals surface area contributed by atoms with Crippen molar-refractivity contribution in [2.75, 3.05) is 20.8 Å². The Balaban J connectivity index is 1.97. The van der Waals surface area contributed by atoms with Crippen molar-refractivity contribution in [3.8, 4) is 34.4 Å². The number of aromatic hydroxyl groups is 1. The molecule has 1 N–H and O–H groups in total. The van der Waals surface area contributed by atoms with Crippen LogP contribution in [0.25, 0.3) is 22.3 Å². The van der Waals surface area contributed by atoms with Gasteiger partial charge in [0.1, 0.15) is 5.75 Å². The Bertz CT molecular complexity index is 1510. The van der Waals surface area contributed by atoms with Crippen LogP contribution in [-0.4, -0.2) is 41.8 Å². The number of methoxy groups -OCH3 is 2. The molecule has 0 saturated carbocycles. The monoisotopic (exact) mass is 501 g/mol. The quantitative estimate of drug-likeness (QED) is 0.321. The van der Waals surface area contributed by atoms with Crippen LogP contribution in [0.5, 0.6) is 23.0 Å². The van der Waals surface area contributed by atoms with E-state index < -0.39 is 0 Å². The van der Waals surface area contributed by atoms with Gasteiger partial charge in [-0.2, -0.15) is 9.78 Å². The standard InChI is InChI=1S/C29H31N3O5/c1-7-37-24-12-18(4)22(15-21(24)17(2)3)28-31-23-11-9-8-10-20(23)29(34)32(28)30-16-19-13-25(35-5)27(33)26(14-19)36-6/h8-17,33H,7H2,1-6H3. The fraction of sp³-hybridized carbons (Fsp3) is 0.276. The molecule has 0 aliphatic heterocycles. The van der Waals surface area contributed by atoms with Crippen LogP contribution in [-0.2, 0) is 0 Å². The average Bonchev–Trinajstić information content (AvgIpc) is 2.89. The van der Waals surface area contributed by atoms with Gasteiger partial charge < -0.3 is 19.3 Å². The van der Waals surface area contributed by atoms with Crippen molar-refractivity contribution in [1.82, 2.24) is 9.66 Å². The smallest absolute Gasteiger partial charge is 0.282 e. The Morgan fingerprint density at radius 2 is 1.73 bits per heavy atom. The second kappa shape index (κ2) is 10.7. The molecule has 1 heterocycles. The number of rotatable bonds is 8. The summed E-state index contributed by atoms with van der Waals surface area (Å²) in [5.74, 6) is 1.78. The van der Waals surface area contributed by atoms with Crippen LogP contribution in [0.2, 0.25) is 0 Å². The highest BCUT2D eigenvalue weighted by molar-refractivity contribution is 5.84. The summed E-state index contributed by atoms with van der Waals surface area (Å²) in [5.41, 5.74) is 3.58. The SMILES string of the molecule is CCOc1cc(C)c(-c2nc3ccccc3c(=O)n2N=Cc2cc(OC)c(O)c(OC)c2)cc1C(C)C. The number of para-hydroxylation sites is 1. The van der Waals surface area contributed by atoms with Crippen LogP contribution in [0.3, 0.4) is 0 Å². The van der Waals surface area contributed by atoms with Crippen molar-refractivity contribution in [3.05, 3.63) is 75.6 Å². The van der Waals surface area contributed by atoms with Gasteiger partial charge in [-0.05, 0) is 67.3 Å². The zero-order valence-electron chi connectivity index (χ0n) is 21.9. The van der Waals surface area contributed by atoms with Gasteiger partial charge >= 0.3 is 0 Å². The zero-order chi connectivity index (χ0) is 26.7. The van der Waals surface area contributed by atoms with Gasteiger partial charge in [0.2, 0.25) is 5.75 Å². The molecule has 0 spiro atoms. The molecule has 37 heavy (non-hydrogen) atoms. The lowest BCUT2D eigenvalue weighted by Gasteiger charge is -2.18. The van der Waals surface area contributed by atoms with Gasteiger partial charge in [0, 0.05) is 11.1 Å². The zero-order valence-corrected chi connectivity index (χ0v) is 21.9.